The lowest BCUT2D eigenvalue weighted by molar-refractivity contribution is -0.138. The minimum absolute atomic E-state index is 0. The summed E-state index contributed by atoms with van der Waals surface area (Å²) in [6.07, 6.45) is -9.24. The number of hydrogen-bond donors (Lipinski definition) is 0. The molecule has 1 unspecified atom stereocenters. The largest absolute Gasteiger partial charge is 0.484 e. The molecule has 3 aromatic rings. The highest BCUT2D eigenvalue weighted by atomic mass is 35.5. The third-order valence-electron chi connectivity index (χ3n) is 5.97. The molecular formula is C26H25ClF6N2O. The van der Waals surface area contributed by atoms with Gasteiger partial charge in [-0.25, -0.2) is 0 Å². The number of hydrogen-bond acceptors (Lipinski definition) is 3. The van der Waals surface area contributed by atoms with Crippen LogP contribution in [0.2, 0.25) is 0 Å². The summed E-state index contributed by atoms with van der Waals surface area (Å²) in [6, 6.07) is 19.3. The first-order chi connectivity index (χ1) is 16.6. The Labute approximate surface area is 211 Å². The zero-order chi connectivity index (χ0) is 25.1. The van der Waals surface area contributed by atoms with Gasteiger partial charge in [0.05, 0.1) is 11.1 Å². The first-order valence-corrected chi connectivity index (χ1v) is 11.1. The maximum atomic E-state index is 13.1. The van der Waals surface area contributed by atoms with E-state index >= 15 is 0 Å². The number of alkyl halides is 6. The average Bonchev–Trinajstić information content (AvgIpc) is 2.84. The van der Waals surface area contributed by atoms with Gasteiger partial charge in [0.25, 0.3) is 0 Å². The van der Waals surface area contributed by atoms with E-state index in [9.17, 15) is 26.3 Å². The summed E-state index contributed by atoms with van der Waals surface area (Å²) in [5, 5.41) is 0. The van der Waals surface area contributed by atoms with Crippen LogP contribution in [0.4, 0.5) is 32.0 Å². The van der Waals surface area contributed by atoms with Crippen molar-refractivity contribution in [3.63, 3.8) is 0 Å². The van der Waals surface area contributed by atoms with Gasteiger partial charge < -0.3 is 9.64 Å². The van der Waals surface area contributed by atoms with E-state index in [1.54, 1.807) is 6.07 Å². The Morgan fingerprint density at radius 1 is 0.694 bits per heavy atom. The highest BCUT2D eigenvalue weighted by molar-refractivity contribution is 5.85. The molecule has 0 saturated carbocycles. The van der Waals surface area contributed by atoms with Gasteiger partial charge in [-0.2, -0.15) is 26.3 Å². The SMILES string of the molecule is Cl.FC(F)(F)c1ccc(OC(CN2CCN(c3cccc(C(F)(F)F)c3)CC2)c2ccccc2)cc1. The van der Waals surface area contributed by atoms with Crippen molar-refractivity contribution in [1.82, 2.24) is 4.90 Å². The Morgan fingerprint density at radius 2 is 1.31 bits per heavy atom. The van der Waals surface area contributed by atoms with Crippen molar-refractivity contribution < 1.29 is 31.1 Å². The summed E-state index contributed by atoms with van der Waals surface area (Å²) in [5.74, 6) is 0.328. The summed E-state index contributed by atoms with van der Waals surface area (Å²) in [4.78, 5) is 4.06. The minimum atomic E-state index is -4.42. The molecule has 0 bridgehead atoms. The number of rotatable bonds is 6. The van der Waals surface area contributed by atoms with Crippen molar-refractivity contribution in [3.05, 3.63) is 95.6 Å². The van der Waals surface area contributed by atoms with Crippen LogP contribution < -0.4 is 9.64 Å². The number of nitrogens with zero attached hydrogens (tertiary/aromatic N) is 2. The summed E-state index contributed by atoms with van der Waals surface area (Å²) in [6.45, 7) is 2.79. The molecule has 10 heteroatoms. The van der Waals surface area contributed by atoms with E-state index in [2.05, 4.69) is 4.90 Å². The molecule has 1 aliphatic rings. The fourth-order valence-electron chi connectivity index (χ4n) is 4.07. The molecule has 0 spiro atoms. The molecule has 0 aromatic heterocycles. The number of piperazine rings is 1. The molecule has 0 amide bonds. The quantitative estimate of drug-likeness (QED) is 0.316. The minimum Gasteiger partial charge on any atom is -0.484 e. The summed E-state index contributed by atoms with van der Waals surface area (Å²) >= 11 is 0. The molecule has 1 fully saturated rings. The Bertz CT molecular complexity index is 1100. The summed E-state index contributed by atoms with van der Waals surface area (Å²) in [7, 11) is 0. The van der Waals surface area contributed by atoms with Gasteiger partial charge in [0.15, 0.2) is 0 Å². The van der Waals surface area contributed by atoms with Crippen LogP contribution in [0, 0.1) is 0 Å². The number of ether oxygens (including phenoxy) is 1. The lowest BCUT2D eigenvalue weighted by atomic mass is 10.1. The van der Waals surface area contributed by atoms with E-state index in [-0.39, 0.29) is 12.4 Å². The lowest BCUT2D eigenvalue weighted by Gasteiger charge is -2.37. The maximum absolute atomic E-state index is 13.1. The lowest BCUT2D eigenvalue weighted by Crippen LogP contribution is -2.48. The van der Waals surface area contributed by atoms with E-state index in [4.69, 9.17) is 4.74 Å². The van der Waals surface area contributed by atoms with Crippen LogP contribution in [-0.4, -0.2) is 37.6 Å². The second-order valence-corrected chi connectivity index (χ2v) is 8.38. The van der Waals surface area contributed by atoms with Gasteiger partial charge in [0, 0.05) is 38.4 Å². The van der Waals surface area contributed by atoms with Crippen molar-refractivity contribution in [2.75, 3.05) is 37.6 Å². The molecule has 0 aliphatic carbocycles. The number of halogens is 7. The molecule has 1 heterocycles. The van der Waals surface area contributed by atoms with Gasteiger partial charge in [-0.05, 0) is 48.0 Å². The molecule has 1 saturated heterocycles. The third kappa shape index (κ3) is 7.07. The second kappa shape index (κ2) is 11.4. The normalized spacial score (nSPS) is 15.8. The van der Waals surface area contributed by atoms with Crippen LogP contribution in [0.1, 0.15) is 22.8 Å². The Hall–Kier alpha value is -2.91. The Kier molecular flexibility index (Phi) is 8.79. The Balaban J connectivity index is 0.00000361. The fourth-order valence-corrected chi connectivity index (χ4v) is 4.07. The standard InChI is InChI=1S/C26H24F6N2O.ClH/c27-25(28,29)20-9-11-23(12-10-20)35-24(19-5-2-1-3-6-19)18-33-13-15-34(16-14-33)22-8-4-7-21(17-22)26(30,31)32;/h1-12,17,24H,13-16,18H2;1H. The van der Waals surface area contributed by atoms with Crippen molar-refractivity contribution in [3.8, 4) is 5.75 Å². The molecular weight excluding hydrogens is 506 g/mol. The van der Waals surface area contributed by atoms with Crippen molar-refractivity contribution in [2.24, 2.45) is 0 Å². The van der Waals surface area contributed by atoms with Crippen LogP contribution in [0.5, 0.6) is 5.75 Å². The van der Waals surface area contributed by atoms with E-state index < -0.39 is 29.6 Å². The zero-order valence-corrected chi connectivity index (χ0v) is 19.9. The van der Waals surface area contributed by atoms with Gasteiger partial charge in [-0.1, -0.05) is 36.4 Å². The van der Waals surface area contributed by atoms with E-state index in [1.807, 2.05) is 35.2 Å². The monoisotopic (exact) mass is 530 g/mol. The molecule has 0 N–H and O–H groups in total. The molecule has 1 aliphatic heterocycles. The zero-order valence-electron chi connectivity index (χ0n) is 19.1. The van der Waals surface area contributed by atoms with Gasteiger partial charge in [0.2, 0.25) is 0 Å². The smallest absolute Gasteiger partial charge is 0.416 e. The Morgan fingerprint density at radius 3 is 1.89 bits per heavy atom. The highest BCUT2D eigenvalue weighted by Crippen LogP contribution is 2.33. The molecule has 0 radical (unpaired) electrons. The van der Waals surface area contributed by atoms with Gasteiger partial charge in [0.1, 0.15) is 11.9 Å². The van der Waals surface area contributed by atoms with Gasteiger partial charge in [-0.3, -0.25) is 4.90 Å². The number of anilines is 1. The third-order valence-corrected chi connectivity index (χ3v) is 5.97. The van der Waals surface area contributed by atoms with Crippen molar-refractivity contribution >= 4 is 18.1 Å². The molecule has 36 heavy (non-hydrogen) atoms. The van der Waals surface area contributed by atoms with E-state index in [1.165, 1.54) is 18.2 Å². The molecule has 1 atom stereocenters. The van der Waals surface area contributed by atoms with E-state index in [0.717, 1.165) is 29.8 Å². The first-order valence-electron chi connectivity index (χ1n) is 11.1. The molecule has 3 aromatic carbocycles. The second-order valence-electron chi connectivity index (χ2n) is 8.38. The maximum Gasteiger partial charge on any atom is 0.416 e. The summed E-state index contributed by atoms with van der Waals surface area (Å²) in [5.41, 5.74) is -0.00821. The first kappa shape index (κ1) is 27.7. The molecule has 3 nitrogen and oxygen atoms in total. The van der Waals surface area contributed by atoms with Crippen LogP contribution in [0.15, 0.2) is 78.9 Å². The highest BCUT2D eigenvalue weighted by Gasteiger charge is 2.32. The van der Waals surface area contributed by atoms with Crippen LogP contribution >= 0.6 is 12.4 Å². The van der Waals surface area contributed by atoms with Crippen molar-refractivity contribution in [1.29, 1.82) is 0 Å². The average molecular weight is 531 g/mol. The summed E-state index contributed by atoms with van der Waals surface area (Å²) < 4.78 is 83.9. The fraction of sp³-hybridized carbons (Fsp3) is 0.308. The predicted molar refractivity (Wildman–Crippen MR) is 129 cm³/mol. The predicted octanol–water partition coefficient (Wildman–Crippen LogP) is 7.09. The van der Waals surface area contributed by atoms with Crippen LogP contribution in [0.25, 0.3) is 0 Å². The van der Waals surface area contributed by atoms with Gasteiger partial charge in [-0.15, -0.1) is 12.4 Å². The van der Waals surface area contributed by atoms with E-state index in [0.29, 0.717) is 44.2 Å². The number of benzene rings is 3. The molecule has 194 valence electrons. The topological polar surface area (TPSA) is 15.7 Å². The van der Waals surface area contributed by atoms with Crippen LogP contribution in [-0.2, 0) is 12.4 Å². The molecule has 4 rings (SSSR count). The van der Waals surface area contributed by atoms with Gasteiger partial charge >= 0.3 is 12.4 Å². The van der Waals surface area contributed by atoms with Crippen molar-refractivity contribution in [2.45, 2.75) is 18.5 Å². The van der Waals surface area contributed by atoms with Crippen LogP contribution in [0.3, 0.4) is 0 Å².